The van der Waals surface area contributed by atoms with Crippen molar-refractivity contribution in [2.45, 2.75) is 6.92 Å². The van der Waals surface area contributed by atoms with Gasteiger partial charge in [-0.3, -0.25) is 0 Å². The quantitative estimate of drug-likeness (QED) is 0.747. The van der Waals surface area contributed by atoms with Crippen LogP contribution in [0.5, 0.6) is 0 Å². The fraction of sp³-hybridized carbons (Fsp3) is 0.167. The Kier molecular flexibility index (Phi) is 1.69. The summed E-state index contributed by atoms with van der Waals surface area (Å²) in [5.41, 5.74) is 0.777. The second kappa shape index (κ2) is 2.71. The zero-order valence-electron chi connectivity index (χ0n) is 6.11. The van der Waals surface area contributed by atoms with Gasteiger partial charge in [-0.1, -0.05) is 5.16 Å². The Morgan fingerprint density at radius 1 is 1.42 bits per heavy atom. The van der Waals surface area contributed by atoms with Gasteiger partial charge in [-0.15, -0.1) is 10.2 Å². The third-order valence-electron chi connectivity index (χ3n) is 1.24. The lowest BCUT2D eigenvalue weighted by molar-refractivity contribution is 0.408. The van der Waals surface area contributed by atoms with Crippen LogP contribution in [0.25, 0.3) is 11.7 Å². The minimum atomic E-state index is 0.322. The molecule has 2 aromatic heterocycles. The van der Waals surface area contributed by atoms with E-state index >= 15 is 0 Å². The molecule has 2 rings (SSSR count). The normalized spacial score (nSPS) is 10.5. The molecule has 0 aromatic carbocycles. The maximum absolute atomic E-state index is 5.04. The fourth-order valence-electron chi connectivity index (χ4n) is 0.769. The van der Waals surface area contributed by atoms with Gasteiger partial charge in [0.25, 0.3) is 10.7 Å². The molecule has 0 saturated carbocycles. The highest BCUT2D eigenvalue weighted by Crippen LogP contribution is 2.20. The molecule has 0 spiro atoms. The van der Waals surface area contributed by atoms with Crippen molar-refractivity contribution >= 4 is 15.9 Å². The molecule has 0 N–H and O–H groups in total. The summed E-state index contributed by atoms with van der Waals surface area (Å²) in [6.45, 7) is 1.82. The number of aryl methyl sites for hydroxylation is 1. The van der Waals surface area contributed by atoms with E-state index in [1.807, 2.05) is 6.92 Å². The Balaban J connectivity index is 2.43. The minimum absolute atomic E-state index is 0.322. The molecule has 12 heavy (non-hydrogen) atoms. The Morgan fingerprint density at radius 2 is 2.25 bits per heavy atom. The van der Waals surface area contributed by atoms with Crippen LogP contribution in [-0.4, -0.2) is 15.4 Å². The monoisotopic (exact) mass is 229 g/mol. The van der Waals surface area contributed by atoms with Gasteiger partial charge in [0, 0.05) is 22.0 Å². The van der Waals surface area contributed by atoms with E-state index < -0.39 is 0 Å². The Morgan fingerprint density at radius 3 is 2.75 bits per heavy atom. The van der Waals surface area contributed by atoms with Gasteiger partial charge < -0.3 is 8.94 Å². The van der Waals surface area contributed by atoms with Crippen molar-refractivity contribution in [3.8, 4) is 11.7 Å². The molecule has 0 aliphatic heterocycles. The summed E-state index contributed by atoms with van der Waals surface area (Å²) in [6.07, 6.45) is 0. The van der Waals surface area contributed by atoms with E-state index in [4.69, 9.17) is 8.94 Å². The van der Waals surface area contributed by atoms with Crippen LogP contribution in [-0.2, 0) is 0 Å². The average Bonchev–Trinajstić information content (AvgIpc) is 2.58. The number of nitrogens with zero attached hydrogens (tertiary/aromatic N) is 3. The third-order valence-corrected chi connectivity index (χ3v) is 1.56. The van der Waals surface area contributed by atoms with Gasteiger partial charge in [0.05, 0.1) is 5.69 Å². The summed E-state index contributed by atoms with van der Waals surface area (Å²) in [7, 11) is 0. The lowest BCUT2D eigenvalue weighted by Gasteiger charge is -1.80. The van der Waals surface area contributed by atoms with Crippen LogP contribution in [0, 0.1) is 6.92 Å². The summed E-state index contributed by atoms with van der Waals surface area (Å²) in [5, 5.41) is 11.0. The second-order valence-electron chi connectivity index (χ2n) is 2.19. The minimum Gasteiger partial charge on any atom is -0.408 e. The van der Waals surface area contributed by atoms with Crippen molar-refractivity contribution in [3.05, 3.63) is 16.6 Å². The van der Waals surface area contributed by atoms with Gasteiger partial charge in [0.2, 0.25) is 5.76 Å². The van der Waals surface area contributed by atoms with Crippen LogP contribution >= 0.6 is 15.9 Å². The first-order valence-corrected chi connectivity index (χ1v) is 3.98. The number of halogens is 1. The highest BCUT2D eigenvalue weighted by molar-refractivity contribution is 9.10. The van der Waals surface area contributed by atoms with Gasteiger partial charge in [-0.25, -0.2) is 0 Å². The Bertz CT molecular complexity index is 357. The summed E-state index contributed by atoms with van der Waals surface area (Å²) in [4.78, 5) is 0.326. The van der Waals surface area contributed by atoms with Crippen molar-refractivity contribution < 1.29 is 8.94 Å². The van der Waals surface area contributed by atoms with E-state index in [2.05, 4.69) is 31.3 Å². The molecule has 6 heteroatoms. The van der Waals surface area contributed by atoms with E-state index in [-0.39, 0.29) is 0 Å². The smallest absolute Gasteiger partial charge is 0.287 e. The molecule has 0 fully saturated rings. The van der Waals surface area contributed by atoms with E-state index in [9.17, 15) is 0 Å². The van der Waals surface area contributed by atoms with E-state index in [1.54, 1.807) is 6.07 Å². The largest absolute Gasteiger partial charge is 0.408 e. The summed E-state index contributed by atoms with van der Waals surface area (Å²) >= 11 is 3.03. The van der Waals surface area contributed by atoms with Crippen LogP contribution in [0.15, 0.2) is 19.8 Å². The maximum Gasteiger partial charge on any atom is 0.287 e. The lowest BCUT2D eigenvalue weighted by Crippen LogP contribution is -1.71. The highest BCUT2D eigenvalue weighted by atomic mass is 79.9. The van der Waals surface area contributed by atoms with Crippen molar-refractivity contribution in [1.29, 1.82) is 0 Å². The number of aromatic nitrogens is 3. The molecule has 0 radical (unpaired) electrons. The zero-order chi connectivity index (χ0) is 8.55. The van der Waals surface area contributed by atoms with Crippen molar-refractivity contribution in [2.24, 2.45) is 0 Å². The van der Waals surface area contributed by atoms with Crippen molar-refractivity contribution in [3.63, 3.8) is 0 Å². The van der Waals surface area contributed by atoms with Crippen LogP contribution in [0.1, 0.15) is 5.69 Å². The number of rotatable bonds is 1. The summed E-state index contributed by atoms with van der Waals surface area (Å²) < 4.78 is 9.94. The molecule has 0 unspecified atom stereocenters. The molecule has 0 atom stereocenters. The number of hydrogen-bond acceptors (Lipinski definition) is 5. The molecule has 0 aliphatic rings. The maximum atomic E-state index is 5.04. The highest BCUT2D eigenvalue weighted by Gasteiger charge is 2.10. The standard InChI is InChI=1S/C6H4BrN3O2/c1-3-2-4(12-10-3)5-8-9-6(7)11-5/h2H,1H3. The molecular formula is C6H4BrN3O2. The topological polar surface area (TPSA) is 65.0 Å². The van der Waals surface area contributed by atoms with Crippen LogP contribution < -0.4 is 0 Å². The second-order valence-corrected chi connectivity index (χ2v) is 2.87. The molecule has 2 heterocycles. The molecule has 0 amide bonds. The Labute approximate surface area is 75.9 Å². The van der Waals surface area contributed by atoms with Crippen LogP contribution in [0.4, 0.5) is 0 Å². The fourth-order valence-corrected chi connectivity index (χ4v) is 1.00. The van der Waals surface area contributed by atoms with E-state index in [0.29, 0.717) is 16.5 Å². The van der Waals surface area contributed by atoms with Crippen LogP contribution in [0.2, 0.25) is 0 Å². The van der Waals surface area contributed by atoms with E-state index in [1.165, 1.54) is 0 Å². The van der Waals surface area contributed by atoms with Crippen LogP contribution in [0.3, 0.4) is 0 Å². The molecule has 5 nitrogen and oxygen atoms in total. The third kappa shape index (κ3) is 1.25. The first-order chi connectivity index (χ1) is 5.75. The molecule has 62 valence electrons. The molecule has 2 aromatic rings. The lowest BCUT2D eigenvalue weighted by atomic mass is 10.4. The molecule has 0 saturated heterocycles. The summed E-state index contributed by atoms with van der Waals surface area (Å²) in [6, 6.07) is 1.72. The summed E-state index contributed by atoms with van der Waals surface area (Å²) in [5.74, 6) is 0.799. The predicted molar refractivity (Wildman–Crippen MR) is 42.2 cm³/mol. The Hall–Kier alpha value is -1.17. The predicted octanol–water partition coefficient (Wildman–Crippen LogP) is 1.80. The first-order valence-electron chi connectivity index (χ1n) is 3.18. The van der Waals surface area contributed by atoms with Crippen molar-refractivity contribution in [2.75, 3.05) is 0 Å². The molecular weight excluding hydrogens is 226 g/mol. The SMILES string of the molecule is Cc1cc(-c2nnc(Br)o2)on1. The molecule has 0 aliphatic carbocycles. The molecule has 0 bridgehead atoms. The van der Waals surface area contributed by atoms with E-state index in [0.717, 1.165) is 5.69 Å². The zero-order valence-corrected chi connectivity index (χ0v) is 7.70. The van der Waals surface area contributed by atoms with Gasteiger partial charge in [-0.05, 0) is 6.92 Å². The number of hydrogen-bond donors (Lipinski definition) is 0. The first kappa shape index (κ1) is 7.48. The van der Waals surface area contributed by atoms with Gasteiger partial charge in [0.1, 0.15) is 0 Å². The van der Waals surface area contributed by atoms with Crippen molar-refractivity contribution in [1.82, 2.24) is 15.4 Å². The van der Waals surface area contributed by atoms with Gasteiger partial charge in [0.15, 0.2) is 0 Å². The van der Waals surface area contributed by atoms with Gasteiger partial charge in [-0.2, -0.15) is 0 Å². The average molecular weight is 230 g/mol. The van der Waals surface area contributed by atoms with Gasteiger partial charge >= 0.3 is 0 Å².